The number of nitrogens with one attached hydrogen (secondary N) is 1. The highest BCUT2D eigenvalue weighted by Crippen LogP contribution is 2.28. The molecular formula is C17H17Cl2FN6O3. The summed E-state index contributed by atoms with van der Waals surface area (Å²) in [6.45, 7) is 1.31. The molecule has 1 atom stereocenters. The maximum atomic E-state index is 14.7. The molecule has 0 saturated carbocycles. The fraction of sp³-hybridized carbons (Fsp3) is 0.412. The highest BCUT2D eigenvalue weighted by molar-refractivity contribution is 6.53. The zero-order chi connectivity index (χ0) is 21.0. The lowest BCUT2D eigenvalue weighted by Crippen LogP contribution is -2.38. The number of halogens is 3. The summed E-state index contributed by atoms with van der Waals surface area (Å²) in [4.78, 5) is 25.2. The Kier molecular flexibility index (Phi) is 6.61. The van der Waals surface area contributed by atoms with Gasteiger partial charge in [-0.05, 0) is 18.2 Å². The van der Waals surface area contributed by atoms with Crippen LogP contribution < -0.4 is 15.1 Å². The first-order valence-electron chi connectivity index (χ1n) is 8.65. The van der Waals surface area contributed by atoms with Crippen LogP contribution in [0.5, 0.6) is 0 Å². The summed E-state index contributed by atoms with van der Waals surface area (Å²) in [7, 11) is 0. The molecule has 12 heteroatoms. The topological polar surface area (TPSA) is 101 Å². The maximum absolute atomic E-state index is 14.7. The smallest absolute Gasteiger partial charge is 0.414 e. The number of carbonyl (C=O) groups is 2. The molecule has 0 unspecified atom stereocenters. The van der Waals surface area contributed by atoms with Gasteiger partial charge in [0.05, 0.1) is 37.1 Å². The first kappa shape index (κ1) is 21.0. The van der Waals surface area contributed by atoms with Crippen LogP contribution in [0.25, 0.3) is 0 Å². The second-order valence-electron chi connectivity index (χ2n) is 6.27. The van der Waals surface area contributed by atoms with Crippen LogP contribution >= 0.6 is 23.2 Å². The van der Waals surface area contributed by atoms with E-state index in [-0.39, 0.29) is 19.6 Å². The normalized spacial score (nSPS) is 18.8. The SMILES string of the molecule is N#CCN1CCN(c2ccc(N3C[C@H](CNC(=O)C(Cl)Cl)OC3=O)cc2F)C=N1. The Hall–Kier alpha value is -2.77. The van der Waals surface area contributed by atoms with E-state index in [1.807, 2.05) is 6.07 Å². The van der Waals surface area contributed by atoms with Crippen LogP contribution in [0, 0.1) is 17.1 Å². The van der Waals surface area contributed by atoms with Crippen LogP contribution in [0.1, 0.15) is 0 Å². The molecule has 1 N–H and O–H groups in total. The third kappa shape index (κ3) is 4.99. The Labute approximate surface area is 176 Å². The largest absolute Gasteiger partial charge is 0.442 e. The van der Waals surface area contributed by atoms with Gasteiger partial charge in [0.1, 0.15) is 24.8 Å². The zero-order valence-electron chi connectivity index (χ0n) is 15.1. The van der Waals surface area contributed by atoms with E-state index in [0.717, 1.165) is 0 Å². The van der Waals surface area contributed by atoms with Gasteiger partial charge in [-0.15, -0.1) is 0 Å². The molecule has 2 heterocycles. The summed E-state index contributed by atoms with van der Waals surface area (Å²) in [5, 5.41) is 16.8. The van der Waals surface area contributed by atoms with Crippen LogP contribution in [0.2, 0.25) is 0 Å². The quantitative estimate of drug-likeness (QED) is 0.530. The van der Waals surface area contributed by atoms with Gasteiger partial charge in [-0.3, -0.25) is 14.7 Å². The van der Waals surface area contributed by atoms with Crippen molar-refractivity contribution >= 4 is 52.9 Å². The van der Waals surface area contributed by atoms with E-state index < -0.39 is 28.8 Å². The van der Waals surface area contributed by atoms with Crippen molar-refractivity contribution < 1.29 is 18.7 Å². The Morgan fingerprint density at radius 2 is 2.24 bits per heavy atom. The lowest BCUT2D eigenvalue weighted by molar-refractivity contribution is -0.119. The van der Waals surface area contributed by atoms with Gasteiger partial charge in [0.2, 0.25) is 0 Å². The van der Waals surface area contributed by atoms with Crippen LogP contribution in [-0.2, 0) is 9.53 Å². The van der Waals surface area contributed by atoms with Crippen molar-refractivity contribution in [3.05, 3.63) is 24.0 Å². The van der Waals surface area contributed by atoms with Crippen LogP contribution in [0.4, 0.5) is 20.6 Å². The summed E-state index contributed by atoms with van der Waals surface area (Å²) < 4.78 is 19.8. The fourth-order valence-corrected chi connectivity index (χ4v) is 3.04. The average Bonchev–Trinajstić information content (AvgIpc) is 3.07. The molecule has 0 spiro atoms. The number of nitrogens with zero attached hydrogens (tertiary/aromatic N) is 5. The molecule has 1 fully saturated rings. The van der Waals surface area contributed by atoms with Crippen LogP contribution in [-0.4, -0.2) is 67.0 Å². The predicted molar refractivity (Wildman–Crippen MR) is 106 cm³/mol. The van der Waals surface area contributed by atoms with Crippen molar-refractivity contribution in [1.29, 1.82) is 5.26 Å². The third-order valence-corrected chi connectivity index (χ3v) is 4.73. The van der Waals surface area contributed by atoms with Gasteiger partial charge in [-0.1, -0.05) is 23.2 Å². The van der Waals surface area contributed by atoms with E-state index in [1.165, 1.54) is 17.3 Å². The number of benzene rings is 1. The number of alkyl halides is 2. The molecule has 2 aliphatic rings. The summed E-state index contributed by atoms with van der Waals surface area (Å²) in [5.41, 5.74) is 0.637. The highest BCUT2D eigenvalue weighted by atomic mass is 35.5. The molecule has 1 aromatic carbocycles. The van der Waals surface area contributed by atoms with E-state index >= 15 is 0 Å². The van der Waals surface area contributed by atoms with Crippen LogP contribution in [0.3, 0.4) is 0 Å². The molecule has 0 aromatic heterocycles. The van der Waals surface area contributed by atoms with E-state index in [0.29, 0.717) is 24.5 Å². The molecule has 0 radical (unpaired) electrons. The Morgan fingerprint density at radius 1 is 1.45 bits per heavy atom. The number of nitriles is 1. The first-order valence-corrected chi connectivity index (χ1v) is 9.52. The second kappa shape index (κ2) is 9.15. The van der Waals surface area contributed by atoms with E-state index in [2.05, 4.69) is 10.4 Å². The third-order valence-electron chi connectivity index (χ3n) is 4.34. The first-order chi connectivity index (χ1) is 13.9. The summed E-state index contributed by atoms with van der Waals surface area (Å²) in [5.74, 6) is -1.12. The highest BCUT2D eigenvalue weighted by Gasteiger charge is 2.33. The zero-order valence-corrected chi connectivity index (χ0v) is 16.6. The Bertz CT molecular complexity index is 862. The maximum Gasteiger partial charge on any atom is 0.414 e. The van der Waals surface area contributed by atoms with E-state index in [4.69, 9.17) is 33.2 Å². The minimum Gasteiger partial charge on any atom is -0.442 e. The number of hydrogen-bond donors (Lipinski definition) is 1. The summed E-state index contributed by atoms with van der Waals surface area (Å²) in [6, 6.07) is 6.39. The standard InChI is InChI=1S/C17H17Cl2FN6O3/c18-15(19)16(27)22-8-12-9-26(17(28)29-12)11-1-2-14(13(20)7-11)24-5-6-25(4-3-21)23-10-24/h1-2,7,10,12,15H,4-6,8-9H2,(H,22,27)/t12-/m0/s1. The van der Waals surface area contributed by atoms with Gasteiger partial charge in [0.25, 0.3) is 5.91 Å². The number of hydrazone groups is 1. The van der Waals surface area contributed by atoms with E-state index in [9.17, 15) is 14.0 Å². The molecule has 0 bridgehead atoms. The van der Waals surface area contributed by atoms with Gasteiger partial charge < -0.3 is 15.0 Å². The van der Waals surface area contributed by atoms with Crippen molar-refractivity contribution in [1.82, 2.24) is 10.3 Å². The molecule has 1 saturated heterocycles. The fourth-order valence-electron chi connectivity index (χ4n) is 2.89. The molecule has 2 aliphatic heterocycles. The number of hydrogen-bond acceptors (Lipinski definition) is 7. The number of amides is 2. The molecule has 2 amide bonds. The molecule has 1 aromatic rings. The average molecular weight is 443 g/mol. The molecule has 9 nitrogen and oxygen atoms in total. The van der Waals surface area contributed by atoms with Gasteiger partial charge in [-0.2, -0.15) is 10.4 Å². The van der Waals surface area contributed by atoms with Gasteiger partial charge in [0, 0.05) is 6.54 Å². The molecule has 3 rings (SSSR count). The van der Waals surface area contributed by atoms with Gasteiger partial charge in [-0.25, -0.2) is 9.18 Å². The number of carbonyl (C=O) groups excluding carboxylic acids is 2. The lowest BCUT2D eigenvalue weighted by atomic mass is 10.2. The van der Waals surface area contributed by atoms with Crippen molar-refractivity contribution in [2.45, 2.75) is 10.9 Å². The Morgan fingerprint density at radius 3 is 2.86 bits per heavy atom. The van der Waals surface area contributed by atoms with Crippen molar-refractivity contribution in [2.75, 3.05) is 42.5 Å². The Balaban J connectivity index is 1.64. The lowest BCUT2D eigenvalue weighted by Gasteiger charge is -2.29. The number of rotatable bonds is 6. The van der Waals surface area contributed by atoms with Crippen molar-refractivity contribution in [3.63, 3.8) is 0 Å². The van der Waals surface area contributed by atoms with Crippen LogP contribution in [0.15, 0.2) is 23.3 Å². The minimum atomic E-state index is -1.21. The number of anilines is 2. The molecule has 29 heavy (non-hydrogen) atoms. The molecule has 0 aliphatic carbocycles. The minimum absolute atomic E-state index is 0.0427. The number of ether oxygens (including phenoxy) is 1. The van der Waals surface area contributed by atoms with Crippen molar-refractivity contribution in [3.8, 4) is 6.07 Å². The molecular weight excluding hydrogens is 426 g/mol. The monoisotopic (exact) mass is 442 g/mol. The summed E-state index contributed by atoms with van der Waals surface area (Å²) >= 11 is 10.9. The second-order valence-corrected chi connectivity index (χ2v) is 7.36. The number of cyclic esters (lactones) is 1. The van der Waals surface area contributed by atoms with Gasteiger partial charge in [0.15, 0.2) is 4.84 Å². The van der Waals surface area contributed by atoms with Crippen molar-refractivity contribution in [2.24, 2.45) is 5.10 Å². The summed E-state index contributed by atoms with van der Waals surface area (Å²) in [6.07, 6.45) is 0.209. The van der Waals surface area contributed by atoms with Gasteiger partial charge >= 0.3 is 6.09 Å². The predicted octanol–water partition coefficient (Wildman–Crippen LogP) is 1.66. The molecule has 154 valence electrons. The van der Waals surface area contributed by atoms with E-state index in [1.54, 1.807) is 22.0 Å².